The van der Waals surface area contributed by atoms with E-state index in [1.807, 2.05) is 0 Å². The summed E-state index contributed by atoms with van der Waals surface area (Å²) in [6.07, 6.45) is 3.63. The van der Waals surface area contributed by atoms with E-state index in [-0.39, 0.29) is 11.0 Å². The molecule has 1 unspecified atom stereocenters. The number of fused-ring (bicyclic) bond motifs is 1. The van der Waals surface area contributed by atoms with Gasteiger partial charge in [-0.05, 0) is 54.5 Å². The summed E-state index contributed by atoms with van der Waals surface area (Å²) in [7, 11) is 0. The van der Waals surface area contributed by atoms with Crippen molar-refractivity contribution in [3.63, 3.8) is 0 Å². The molecule has 1 aromatic carbocycles. The third-order valence-corrected chi connectivity index (χ3v) is 5.22. The molecule has 0 saturated carbocycles. The van der Waals surface area contributed by atoms with Gasteiger partial charge in [0.1, 0.15) is 0 Å². The average Bonchev–Trinajstić information content (AvgIpc) is 2.47. The number of aryl methyl sites for hydroxylation is 1. The SMILES string of the molecule is CCN(CC)C1(CN)CCCc2cc(C(C)(C)C)ccc21. The first-order valence-electron chi connectivity index (χ1n) is 8.48. The molecule has 2 nitrogen and oxygen atoms in total. The fourth-order valence-corrected chi connectivity index (χ4v) is 3.93. The van der Waals surface area contributed by atoms with E-state index in [4.69, 9.17) is 5.73 Å². The molecule has 0 fully saturated rings. The molecule has 0 heterocycles. The van der Waals surface area contributed by atoms with Gasteiger partial charge in [-0.1, -0.05) is 52.8 Å². The van der Waals surface area contributed by atoms with Crippen molar-refractivity contribution in [2.75, 3.05) is 19.6 Å². The lowest BCUT2D eigenvalue weighted by Crippen LogP contribution is -2.53. The van der Waals surface area contributed by atoms with Crippen molar-refractivity contribution in [2.45, 2.75) is 64.8 Å². The Morgan fingerprint density at radius 2 is 1.86 bits per heavy atom. The second-order valence-corrected chi connectivity index (χ2v) is 7.38. The van der Waals surface area contributed by atoms with Gasteiger partial charge in [0, 0.05) is 6.54 Å². The Balaban J connectivity index is 2.52. The molecule has 1 atom stereocenters. The van der Waals surface area contributed by atoms with Gasteiger partial charge in [-0.25, -0.2) is 0 Å². The summed E-state index contributed by atoms with van der Waals surface area (Å²) in [5, 5.41) is 0. The summed E-state index contributed by atoms with van der Waals surface area (Å²) in [5.74, 6) is 0. The quantitative estimate of drug-likeness (QED) is 0.912. The molecule has 1 aliphatic carbocycles. The van der Waals surface area contributed by atoms with Crippen molar-refractivity contribution in [3.8, 4) is 0 Å². The van der Waals surface area contributed by atoms with E-state index in [9.17, 15) is 0 Å². The standard InChI is InChI=1S/C19H32N2/c1-6-21(7-2)19(14-20)12-8-9-15-13-16(18(3,4)5)10-11-17(15)19/h10-11,13H,6-9,12,14,20H2,1-5H3. The first-order chi connectivity index (χ1) is 9.89. The Kier molecular flexibility index (Phi) is 4.79. The maximum atomic E-state index is 6.29. The molecule has 2 heteroatoms. The molecule has 2 N–H and O–H groups in total. The largest absolute Gasteiger partial charge is 0.328 e. The highest BCUT2D eigenvalue weighted by atomic mass is 15.2. The first-order valence-corrected chi connectivity index (χ1v) is 8.48. The third-order valence-electron chi connectivity index (χ3n) is 5.22. The number of rotatable bonds is 4. The molecule has 0 radical (unpaired) electrons. The zero-order valence-electron chi connectivity index (χ0n) is 14.5. The van der Waals surface area contributed by atoms with Crippen LogP contribution in [-0.2, 0) is 17.4 Å². The zero-order chi connectivity index (χ0) is 15.7. The molecule has 1 aromatic rings. The number of nitrogens with two attached hydrogens (primary N) is 1. The summed E-state index contributed by atoms with van der Waals surface area (Å²) in [6, 6.07) is 7.11. The minimum absolute atomic E-state index is 0.0491. The Morgan fingerprint density at radius 3 is 2.38 bits per heavy atom. The molecular formula is C19H32N2. The molecule has 2 rings (SSSR count). The lowest BCUT2D eigenvalue weighted by molar-refractivity contribution is 0.0856. The van der Waals surface area contributed by atoms with Crippen LogP contribution in [0, 0.1) is 0 Å². The highest BCUT2D eigenvalue weighted by Gasteiger charge is 2.39. The van der Waals surface area contributed by atoms with E-state index in [1.165, 1.54) is 36.0 Å². The van der Waals surface area contributed by atoms with Crippen LogP contribution in [0.3, 0.4) is 0 Å². The lowest BCUT2D eigenvalue weighted by atomic mass is 9.73. The molecule has 0 saturated heterocycles. The topological polar surface area (TPSA) is 29.3 Å². The van der Waals surface area contributed by atoms with Crippen LogP contribution >= 0.6 is 0 Å². The third kappa shape index (κ3) is 2.89. The molecule has 0 bridgehead atoms. The van der Waals surface area contributed by atoms with Gasteiger partial charge in [-0.2, -0.15) is 0 Å². The van der Waals surface area contributed by atoms with Gasteiger partial charge >= 0.3 is 0 Å². The smallest absolute Gasteiger partial charge is 0.0586 e. The zero-order valence-corrected chi connectivity index (χ0v) is 14.5. The van der Waals surface area contributed by atoms with Crippen LogP contribution in [0.1, 0.15) is 64.2 Å². The van der Waals surface area contributed by atoms with Crippen LogP contribution in [0.2, 0.25) is 0 Å². The van der Waals surface area contributed by atoms with Crippen molar-refractivity contribution in [1.29, 1.82) is 0 Å². The maximum Gasteiger partial charge on any atom is 0.0586 e. The fraction of sp³-hybridized carbons (Fsp3) is 0.684. The maximum absolute atomic E-state index is 6.29. The van der Waals surface area contributed by atoms with Crippen LogP contribution in [0.4, 0.5) is 0 Å². The van der Waals surface area contributed by atoms with E-state index in [0.29, 0.717) is 0 Å². The molecule has 0 aliphatic heterocycles. The van der Waals surface area contributed by atoms with E-state index in [1.54, 1.807) is 0 Å². The van der Waals surface area contributed by atoms with Gasteiger partial charge in [0.25, 0.3) is 0 Å². The highest BCUT2D eigenvalue weighted by molar-refractivity contribution is 5.41. The fourth-order valence-electron chi connectivity index (χ4n) is 3.93. The van der Waals surface area contributed by atoms with Gasteiger partial charge in [0.05, 0.1) is 5.54 Å². The number of likely N-dealkylation sites (N-methyl/N-ethyl adjacent to an activating group) is 1. The van der Waals surface area contributed by atoms with E-state index in [0.717, 1.165) is 19.6 Å². The van der Waals surface area contributed by atoms with Crippen LogP contribution in [-0.4, -0.2) is 24.5 Å². The predicted molar refractivity (Wildman–Crippen MR) is 91.7 cm³/mol. The predicted octanol–water partition coefficient (Wildman–Crippen LogP) is 3.82. The Bertz CT molecular complexity index is 483. The molecule has 21 heavy (non-hydrogen) atoms. The van der Waals surface area contributed by atoms with Gasteiger partial charge in [-0.15, -0.1) is 0 Å². The van der Waals surface area contributed by atoms with Crippen molar-refractivity contribution < 1.29 is 0 Å². The van der Waals surface area contributed by atoms with Gasteiger partial charge in [0.15, 0.2) is 0 Å². The summed E-state index contributed by atoms with van der Waals surface area (Å²) in [4.78, 5) is 2.56. The summed E-state index contributed by atoms with van der Waals surface area (Å²) in [6.45, 7) is 14.2. The van der Waals surface area contributed by atoms with Crippen molar-refractivity contribution in [3.05, 3.63) is 34.9 Å². The second-order valence-electron chi connectivity index (χ2n) is 7.38. The average molecular weight is 288 g/mol. The number of hydrogen-bond acceptors (Lipinski definition) is 2. The summed E-state index contributed by atoms with van der Waals surface area (Å²) < 4.78 is 0. The number of nitrogens with zero attached hydrogens (tertiary/aromatic N) is 1. The Morgan fingerprint density at radius 1 is 1.19 bits per heavy atom. The van der Waals surface area contributed by atoms with Crippen molar-refractivity contribution in [2.24, 2.45) is 5.73 Å². The molecule has 0 spiro atoms. The van der Waals surface area contributed by atoms with Crippen LogP contribution in [0.5, 0.6) is 0 Å². The first kappa shape index (κ1) is 16.5. The molecule has 0 amide bonds. The van der Waals surface area contributed by atoms with E-state index < -0.39 is 0 Å². The number of hydrogen-bond donors (Lipinski definition) is 1. The summed E-state index contributed by atoms with van der Waals surface area (Å²) in [5.41, 5.74) is 11.0. The molecular weight excluding hydrogens is 256 g/mol. The Hall–Kier alpha value is -0.860. The van der Waals surface area contributed by atoms with Crippen molar-refractivity contribution >= 4 is 0 Å². The Labute approximate surface area is 130 Å². The van der Waals surface area contributed by atoms with Gasteiger partial charge in [-0.3, -0.25) is 4.90 Å². The van der Waals surface area contributed by atoms with Gasteiger partial charge < -0.3 is 5.73 Å². The molecule has 0 aromatic heterocycles. The second kappa shape index (κ2) is 6.10. The van der Waals surface area contributed by atoms with E-state index >= 15 is 0 Å². The minimum atomic E-state index is 0.0491. The van der Waals surface area contributed by atoms with Gasteiger partial charge in [0.2, 0.25) is 0 Å². The lowest BCUT2D eigenvalue weighted by Gasteiger charge is -2.47. The molecule has 1 aliphatic rings. The normalized spacial score (nSPS) is 22.4. The van der Waals surface area contributed by atoms with Crippen LogP contribution in [0.15, 0.2) is 18.2 Å². The number of benzene rings is 1. The summed E-state index contributed by atoms with van der Waals surface area (Å²) >= 11 is 0. The van der Waals surface area contributed by atoms with Crippen molar-refractivity contribution in [1.82, 2.24) is 4.90 Å². The van der Waals surface area contributed by atoms with E-state index in [2.05, 4.69) is 57.7 Å². The highest BCUT2D eigenvalue weighted by Crippen LogP contribution is 2.40. The monoisotopic (exact) mass is 288 g/mol. The minimum Gasteiger partial charge on any atom is -0.328 e. The van der Waals surface area contributed by atoms with Crippen LogP contribution < -0.4 is 5.73 Å². The molecule has 118 valence electrons. The van der Waals surface area contributed by atoms with Crippen LogP contribution in [0.25, 0.3) is 0 Å².